The molecule has 1 aliphatic rings. The Hall–Kier alpha value is -3.16. The van der Waals surface area contributed by atoms with Crippen molar-refractivity contribution in [1.82, 2.24) is 25.2 Å². The predicted octanol–water partition coefficient (Wildman–Crippen LogP) is 3.06. The SMILES string of the molecule is CCNC(=O)NC1CCN(c2cc(-c3nc4ccccc4n3C)c(F)cn2)CC1. The molecule has 2 aromatic heterocycles. The lowest BCUT2D eigenvalue weighted by Gasteiger charge is -2.33. The fourth-order valence-electron chi connectivity index (χ4n) is 3.81. The minimum atomic E-state index is -0.389. The number of nitrogens with one attached hydrogen (secondary N) is 2. The first-order valence-electron chi connectivity index (χ1n) is 9.93. The van der Waals surface area contributed by atoms with Gasteiger partial charge in [-0.1, -0.05) is 12.1 Å². The van der Waals surface area contributed by atoms with Gasteiger partial charge in [0.25, 0.3) is 0 Å². The van der Waals surface area contributed by atoms with E-state index >= 15 is 0 Å². The number of imidazole rings is 1. The number of amides is 2. The number of halogens is 1. The van der Waals surface area contributed by atoms with Gasteiger partial charge in [-0.2, -0.15) is 0 Å². The fraction of sp³-hybridized carbons (Fsp3) is 0.381. The molecule has 0 spiro atoms. The van der Waals surface area contributed by atoms with Crippen molar-refractivity contribution in [3.05, 3.63) is 42.3 Å². The summed E-state index contributed by atoms with van der Waals surface area (Å²) in [5.41, 5.74) is 2.23. The molecule has 0 aliphatic carbocycles. The molecule has 1 aliphatic heterocycles. The molecule has 0 unspecified atom stereocenters. The lowest BCUT2D eigenvalue weighted by atomic mass is 10.0. The normalized spacial score (nSPS) is 14.9. The van der Waals surface area contributed by atoms with E-state index in [0.717, 1.165) is 42.8 Å². The molecule has 2 N–H and O–H groups in total. The summed E-state index contributed by atoms with van der Waals surface area (Å²) in [6.07, 6.45) is 2.90. The van der Waals surface area contributed by atoms with Gasteiger partial charge in [0.1, 0.15) is 11.6 Å². The van der Waals surface area contributed by atoms with E-state index in [1.165, 1.54) is 6.20 Å². The highest BCUT2D eigenvalue weighted by atomic mass is 19.1. The van der Waals surface area contributed by atoms with Crippen molar-refractivity contribution in [3.8, 4) is 11.4 Å². The first-order chi connectivity index (χ1) is 14.1. The van der Waals surface area contributed by atoms with Gasteiger partial charge in [0, 0.05) is 32.7 Å². The predicted molar refractivity (Wildman–Crippen MR) is 111 cm³/mol. The number of nitrogens with zero attached hydrogens (tertiary/aromatic N) is 4. The molecule has 0 radical (unpaired) electrons. The number of para-hydroxylation sites is 2. The summed E-state index contributed by atoms with van der Waals surface area (Å²) in [7, 11) is 1.89. The van der Waals surface area contributed by atoms with Crippen LogP contribution in [0.1, 0.15) is 19.8 Å². The monoisotopic (exact) mass is 396 g/mol. The summed E-state index contributed by atoms with van der Waals surface area (Å²) in [5, 5.41) is 5.75. The maximum atomic E-state index is 14.6. The van der Waals surface area contributed by atoms with Gasteiger partial charge in [-0.3, -0.25) is 0 Å². The zero-order chi connectivity index (χ0) is 20.4. The summed E-state index contributed by atoms with van der Waals surface area (Å²) in [5.74, 6) is 0.921. The number of hydrogen-bond acceptors (Lipinski definition) is 4. The number of urea groups is 1. The highest BCUT2D eigenvalue weighted by Crippen LogP contribution is 2.29. The highest BCUT2D eigenvalue weighted by molar-refractivity contribution is 5.81. The Balaban J connectivity index is 1.53. The van der Waals surface area contributed by atoms with Gasteiger partial charge in [0.15, 0.2) is 5.82 Å². The van der Waals surface area contributed by atoms with E-state index in [2.05, 4.69) is 25.5 Å². The molecule has 3 aromatic rings. The van der Waals surface area contributed by atoms with Crippen molar-refractivity contribution >= 4 is 22.9 Å². The molecule has 8 heteroatoms. The van der Waals surface area contributed by atoms with Crippen LogP contribution in [0.2, 0.25) is 0 Å². The van der Waals surface area contributed by atoms with E-state index in [1.807, 2.05) is 42.8 Å². The lowest BCUT2D eigenvalue weighted by molar-refractivity contribution is 0.235. The van der Waals surface area contributed by atoms with Gasteiger partial charge < -0.3 is 20.1 Å². The third-order valence-electron chi connectivity index (χ3n) is 5.36. The topological polar surface area (TPSA) is 75.1 Å². The van der Waals surface area contributed by atoms with Crippen molar-refractivity contribution in [2.75, 3.05) is 24.5 Å². The van der Waals surface area contributed by atoms with E-state index in [4.69, 9.17) is 0 Å². The van der Waals surface area contributed by atoms with Crippen molar-refractivity contribution in [2.45, 2.75) is 25.8 Å². The number of carbonyl (C=O) groups excluding carboxylic acids is 1. The number of aryl methyl sites for hydroxylation is 1. The second-order valence-corrected chi connectivity index (χ2v) is 7.27. The molecule has 4 rings (SSSR count). The van der Waals surface area contributed by atoms with E-state index in [9.17, 15) is 9.18 Å². The molecule has 29 heavy (non-hydrogen) atoms. The molecule has 1 fully saturated rings. The molecule has 152 valence electrons. The third-order valence-corrected chi connectivity index (χ3v) is 5.36. The number of anilines is 1. The Morgan fingerprint density at radius 1 is 1.28 bits per heavy atom. The second-order valence-electron chi connectivity index (χ2n) is 7.27. The Labute approximate surface area is 168 Å². The van der Waals surface area contributed by atoms with Crippen molar-refractivity contribution in [1.29, 1.82) is 0 Å². The van der Waals surface area contributed by atoms with Crippen LogP contribution in [0.5, 0.6) is 0 Å². The zero-order valence-corrected chi connectivity index (χ0v) is 16.7. The van der Waals surface area contributed by atoms with Crippen LogP contribution in [0.3, 0.4) is 0 Å². The lowest BCUT2D eigenvalue weighted by Crippen LogP contribution is -2.48. The van der Waals surface area contributed by atoms with E-state index in [1.54, 1.807) is 6.07 Å². The maximum Gasteiger partial charge on any atom is 0.314 e. The van der Waals surface area contributed by atoms with Crippen molar-refractivity contribution in [2.24, 2.45) is 7.05 Å². The smallest absolute Gasteiger partial charge is 0.314 e. The van der Waals surface area contributed by atoms with Gasteiger partial charge >= 0.3 is 6.03 Å². The zero-order valence-electron chi connectivity index (χ0n) is 16.7. The minimum absolute atomic E-state index is 0.130. The standard InChI is InChI=1S/C21H25FN6O/c1-3-23-21(29)25-14-8-10-28(11-9-14)19-12-15(16(22)13-24-19)20-26-17-6-4-5-7-18(17)27(20)2/h4-7,12-14H,3,8-11H2,1-2H3,(H2,23,25,29). The second kappa shape index (κ2) is 8.06. The van der Waals surface area contributed by atoms with Crippen LogP contribution in [-0.2, 0) is 7.05 Å². The molecule has 1 aromatic carbocycles. The van der Waals surface area contributed by atoms with Crippen LogP contribution in [0.25, 0.3) is 22.4 Å². The number of carbonyl (C=O) groups is 1. The Morgan fingerprint density at radius 2 is 2.03 bits per heavy atom. The summed E-state index contributed by atoms with van der Waals surface area (Å²) in [6.45, 7) is 4.00. The van der Waals surface area contributed by atoms with E-state index < -0.39 is 0 Å². The Kier molecular flexibility index (Phi) is 5.33. The number of piperidine rings is 1. The molecule has 2 amide bonds. The number of benzene rings is 1. The van der Waals surface area contributed by atoms with Gasteiger partial charge in [0.2, 0.25) is 0 Å². The molecule has 0 bridgehead atoms. The van der Waals surface area contributed by atoms with E-state index in [-0.39, 0.29) is 17.9 Å². The highest BCUT2D eigenvalue weighted by Gasteiger charge is 2.23. The number of pyridine rings is 1. The van der Waals surface area contributed by atoms with E-state index in [0.29, 0.717) is 17.9 Å². The van der Waals surface area contributed by atoms with Crippen LogP contribution in [0, 0.1) is 5.82 Å². The molecular formula is C21H25FN6O. The molecule has 0 atom stereocenters. The quantitative estimate of drug-likeness (QED) is 0.711. The molecule has 1 saturated heterocycles. The third kappa shape index (κ3) is 3.87. The fourth-order valence-corrected chi connectivity index (χ4v) is 3.81. The van der Waals surface area contributed by atoms with Crippen LogP contribution in [-0.4, -0.2) is 46.2 Å². The first-order valence-corrected chi connectivity index (χ1v) is 9.93. The Bertz CT molecular complexity index is 1030. The summed E-state index contributed by atoms with van der Waals surface area (Å²) < 4.78 is 16.5. The average molecular weight is 396 g/mol. The van der Waals surface area contributed by atoms with Crippen molar-refractivity contribution in [3.63, 3.8) is 0 Å². The largest absolute Gasteiger partial charge is 0.356 e. The van der Waals surface area contributed by atoms with Gasteiger partial charge in [-0.15, -0.1) is 0 Å². The minimum Gasteiger partial charge on any atom is -0.356 e. The summed E-state index contributed by atoms with van der Waals surface area (Å²) in [4.78, 5) is 22.8. The van der Waals surface area contributed by atoms with Gasteiger partial charge in [-0.25, -0.2) is 19.2 Å². The van der Waals surface area contributed by atoms with Crippen LogP contribution >= 0.6 is 0 Å². The first kappa shape index (κ1) is 19.2. The summed E-state index contributed by atoms with van der Waals surface area (Å²) in [6, 6.07) is 9.54. The average Bonchev–Trinajstić information content (AvgIpc) is 3.06. The number of hydrogen-bond donors (Lipinski definition) is 2. The molecule has 7 nitrogen and oxygen atoms in total. The van der Waals surface area contributed by atoms with Crippen LogP contribution in [0.4, 0.5) is 15.0 Å². The van der Waals surface area contributed by atoms with Gasteiger partial charge in [0.05, 0.1) is 22.8 Å². The van der Waals surface area contributed by atoms with Gasteiger partial charge in [-0.05, 0) is 38.0 Å². The van der Waals surface area contributed by atoms with Crippen LogP contribution in [0.15, 0.2) is 36.5 Å². The summed E-state index contributed by atoms with van der Waals surface area (Å²) >= 11 is 0. The number of fused-ring (bicyclic) bond motifs is 1. The Morgan fingerprint density at radius 3 is 2.76 bits per heavy atom. The van der Waals surface area contributed by atoms with Crippen molar-refractivity contribution < 1.29 is 9.18 Å². The number of aromatic nitrogens is 3. The van der Waals surface area contributed by atoms with Crippen LogP contribution < -0.4 is 15.5 Å². The maximum absolute atomic E-state index is 14.6. The molecule has 3 heterocycles. The molecule has 0 saturated carbocycles. The molecular weight excluding hydrogens is 371 g/mol. The number of rotatable bonds is 4.